The summed E-state index contributed by atoms with van der Waals surface area (Å²) in [4.78, 5) is 4.26. The maximum absolute atomic E-state index is 13.3. The minimum atomic E-state index is -3.63. The summed E-state index contributed by atoms with van der Waals surface area (Å²) >= 11 is 8.85. The van der Waals surface area contributed by atoms with Gasteiger partial charge in [0.25, 0.3) is 10.2 Å². The molecule has 6 nitrogen and oxygen atoms in total. The molecule has 2 heterocycles. The summed E-state index contributed by atoms with van der Waals surface area (Å²) in [5, 5.41) is 5.79. The lowest BCUT2D eigenvalue weighted by Gasteiger charge is -2.38. The molecular formula is C16H20ClFN4O2S3. The summed E-state index contributed by atoms with van der Waals surface area (Å²) < 4.78 is 43.2. The lowest BCUT2D eigenvalue weighted by Crippen LogP contribution is -2.56. The highest BCUT2D eigenvalue weighted by Gasteiger charge is 2.39. The number of thioether (sulfide) groups is 1. The summed E-state index contributed by atoms with van der Waals surface area (Å²) in [5.74, 6) is 0.207. The van der Waals surface area contributed by atoms with Gasteiger partial charge in [0.05, 0.1) is 11.1 Å². The van der Waals surface area contributed by atoms with E-state index in [1.54, 1.807) is 24.0 Å². The standard InChI is InChI=1S/C16H20ClFN4O2S3/c1-25-7-5-22-12(10-20-11-2-3-14(18)13(17)8-11)9-15(21-27(22,23)24)16-19-4-6-26-16/h2-4,6,8,12,15,20-21H,5,7,9-10H2,1H3/t12-,15+/m1/s1. The second-order valence-electron chi connectivity index (χ2n) is 6.05. The third-order valence-corrected chi connectivity index (χ3v) is 7.69. The highest BCUT2D eigenvalue weighted by atomic mass is 35.5. The molecule has 0 unspecified atom stereocenters. The summed E-state index contributed by atoms with van der Waals surface area (Å²) in [6.07, 6.45) is 4.20. The Labute approximate surface area is 171 Å². The molecule has 1 saturated heterocycles. The van der Waals surface area contributed by atoms with Crippen LogP contribution >= 0.6 is 34.7 Å². The van der Waals surface area contributed by atoms with Crippen LogP contribution in [0.3, 0.4) is 0 Å². The zero-order valence-electron chi connectivity index (χ0n) is 14.6. The zero-order chi connectivity index (χ0) is 19.4. The Morgan fingerprint density at radius 2 is 2.33 bits per heavy atom. The largest absolute Gasteiger partial charge is 0.383 e. The molecule has 3 rings (SSSR count). The van der Waals surface area contributed by atoms with Crippen LogP contribution in [0.25, 0.3) is 0 Å². The second-order valence-corrected chi connectivity index (χ2v) is 10.0. The van der Waals surface area contributed by atoms with Gasteiger partial charge in [-0.1, -0.05) is 11.6 Å². The van der Waals surface area contributed by atoms with Crippen molar-refractivity contribution in [3.63, 3.8) is 0 Å². The second kappa shape index (κ2) is 9.06. The minimum absolute atomic E-state index is 0.0258. The fourth-order valence-electron chi connectivity index (χ4n) is 2.95. The van der Waals surface area contributed by atoms with E-state index in [2.05, 4.69) is 15.0 Å². The number of rotatable bonds is 7. The van der Waals surface area contributed by atoms with Gasteiger partial charge < -0.3 is 5.32 Å². The van der Waals surface area contributed by atoms with Gasteiger partial charge >= 0.3 is 0 Å². The first-order valence-electron chi connectivity index (χ1n) is 8.27. The normalized spacial score (nSPS) is 22.6. The Balaban J connectivity index is 1.78. The Kier molecular flexibility index (Phi) is 6.98. The van der Waals surface area contributed by atoms with Crippen LogP contribution in [0.15, 0.2) is 29.8 Å². The molecule has 1 aliphatic rings. The average Bonchev–Trinajstić information content (AvgIpc) is 3.16. The average molecular weight is 451 g/mol. The van der Waals surface area contributed by atoms with Crippen molar-refractivity contribution < 1.29 is 12.8 Å². The van der Waals surface area contributed by atoms with Crippen molar-refractivity contribution in [3.8, 4) is 0 Å². The molecule has 1 aromatic heterocycles. The molecule has 0 spiro atoms. The van der Waals surface area contributed by atoms with Crippen LogP contribution in [0, 0.1) is 5.82 Å². The minimum Gasteiger partial charge on any atom is -0.383 e. The summed E-state index contributed by atoms with van der Waals surface area (Å²) in [6.45, 7) is 0.802. The number of aromatic nitrogens is 1. The predicted octanol–water partition coefficient (Wildman–Crippen LogP) is 3.36. The van der Waals surface area contributed by atoms with Gasteiger partial charge in [0, 0.05) is 42.1 Å². The van der Waals surface area contributed by atoms with Crippen LogP contribution < -0.4 is 10.0 Å². The maximum atomic E-state index is 13.3. The highest BCUT2D eigenvalue weighted by molar-refractivity contribution is 7.98. The number of nitrogens with one attached hydrogen (secondary N) is 2. The fraction of sp³-hybridized carbons (Fsp3) is 0.438. The van der Waals surface area contributed by atoms with Crippen LogP contribution in [0.5, 0.6) is 0 Å². The van der Waals surface area contributed by atoms with E-state index in [9.17, 15) is 12.8 Å². The molecule has 2 atom stereocenters. The van der Waals surface area contributed by atoms with Crippen LogP contribution in [0.4, 0.5) is 10.1 Å². The third kappa shape index (κ3) is 5.12. The van der Waals surface area contributed by atoms with Crippen LogP contribution in [-0.4, -0.2) is 48.8 Å². The van der Waals surface area contributed by atoms with Crippen molar-refractivity contribution in [1.82, 2.24) is 14.0 Å². The Morgan fingerprint density at radius 3 is 3.00 bits per heavy atom. The predicted molar refractivity (Wildman–Crippen MR) is 110 cm³/mol. The Bertz CT molecular complexity index is 867. The summed E-state index contributed by atoms with van der Waals surface area (Å²) in [7, 11) is -3.63. The molecule has 0 amide bonds. The molecule has 148 valence electrons. The zero-order valence-corrected chi connectivity index (χ0v) is 17.8. The molecule has 11 heteroatoms. The molecule has 2 N–H and O–H groups in total. The van der Waals surface area contributed by atoms with Gasteiger partial charge in [-0.25, -0.2) is 9.37 Å². The number of thiazole rings is 1. The van der Waals surface area contributed by atoms with Gasteiger partial charge in [0.2, 0.25) is 0 Å². The van der Waals surface area contributed by atoms with Crippen molar-refractivity contribution in [2.45, 2.75) is 18.5 Å². The van der Waals surface area contributed by atoms with E-state index in [1.165, 1.54) is 27.8 Å². The van der Waals surface area contributed by atoms with Crippen molar-refractivity contribution >= 4 is 50.6 Å². The van der Waals surface area contributed by atoms with Gasteiger partial charge in [-0.15, -0.1) is 11.3 Å². The molecule has 1 aliphatic heterocycles. The molecule has 1 fully saturated rings. The molecule has 0 radical (unpaired) electrons. The maximum Gasteiger partial charge on any atom is 0.280 e. The summed E-state index contributed by atoms with van der Waals surface area (Å²) in [6, 6.07) is 3.75. The van der Waals surface area contributed by atoms with E-state index in [4.69, 9.17) is 11.6 Å². The molecule has 0 saturated carbocycles. The number of nitrogens with zero attached hydrogens (tertiary/aromatic N) is 2. The van der Waals surface area contributed by atoms with Gasteiger partial charge in [0.1, 0.15) is 10.8 Å². The van der Waals surface area contributed by atoms with Gasteiger partial charge in [-0.2, -0.15) is 29.2 Å². The van der Waals surface area contributed by atoms with Gasteiger partial charge in [-0.3, -0.25) is 0 Å². The van der Waals surface area contributed by atoms with E-state index in [-0.39, 0.29) is 17.1 Å². The third-order valence-electron chi connectivity index (χ3n) is 4.24. The first kappa shape index (κ1) is 20.8. The Morgan fingerprint density at radius 1 is 1.52 bits per heavy atom. The van der Waals surface area contributed by atoms with E-state index < -0.39 is 16.0 Å². The monoisotopic (exact) mass is 450 g/mol. The Hall–Kier alpha value is -0.910. The van der Waals surface area contributed by atoms with Gasteiger partial charge in [-0.05, 0) is 30.9 Å². The molecule has 0 bridgehead atoms. The van der Waals surface area contributed by atoms with Crippen LogP contribution in [-0.2, 0) is 10.2 Å². The number of hydrogen-bond acceptors (Lipinski definition) is 6. The first-order valence-corrected chi connectivity index (χ1v) is 12.4. The quantitative estimate of drug-likeness (QED) is 0.676. The first-order chi connectivity index (χ1) is 12.9. The van der Waals surface area contributed by atoms with Crippen molar-refractivity contribution in [1.29, 1.82) is 0 Å². The van der Waals surface area contributed by atoms with Crippen molar-refractivity contribution in [3.05, 3.63) is 45.6 Å². The topological polar surface area (TPSA) is 74.3 Å². The summed E-state index contributed by atoms with van der Waals surface area (Å²) in [5.41, 5.74) is 0.646. The smallest absolute Gasteiger partial charge is 0.280 e. The van der Waals surface area contributed by atoms with E-state index >= 15 is 0 Å². The molecule has 1 aromatic carbocycles. The number of anilines is 1. The molecular weight excluding hydrogens is 431 g/mol. The molecule has 0 aliphatic carbocycles. The number of halogens is 2. The van der Waals surface area contributed by atoms with Crippen molar-refractivity contribution in [2.75, 3.05) is 30.4 Å². The highest BCUT2D eigenvalue weighted by Crippen LogP contribution is 2.30. The van der Waals surface area contributed by atoms with Crippen LogP contribution in [0.2, 0.25) is 5.02 Å². The molecule has 2 aromatic rings. The lowest BCUT2D eigenvalue weighted by atomic mass is 10.1. The van der Waals surface area contributed by atoms with Crippen molar-refractivity contribution in [2.24, 2.45) is 0 Å². The van der Waals surface area contributed by atoms with E-state index in [0.29, 0.717) is 31.0 Å². The molecule has 27 heavy (non-hydrogen) atoms. The lowest BCUT2D eigenvalue weighted by molar-refractivity contribution is 0.272. The van der Waals surface area contributed by atoms with E-state index in [0.717, 1.165) is 5.01 Å². The number of hydrogen-bond donors (Lipinski definition) is 2. The SMILES string of the molecule is CSCCN1[C@@H](CNc2ccc(F)c(Cl)c2)C[C@@H](c2nccs2)NS1(=O)=O. The van der Waals surface area contributed by atoms with Crippen LogP contribution in [0.1, 0.15) is 17.5 Å². The van der Waals surface area contributed by atoms with Gasteiger partial charge in [0.15, 0.2) is 0 Å². The fourth-order valence-corrected chi connectivity index (χ4v) is 5.99. The van der Waals surface area contributed by atoms with E-state index in [1.807, 2.05) is 11.6 Å². The number of benzene rings is 1.